The summed E-state index contributed by atoms with van der Waals surface area (Å²) in [7, 11) is -2.08. The highest BCUT2D eigenvalue weighted by Crippen LogP contribution is 2.33. The van der Waals surface area contributed by atoms with Gasteiger partial charge < -0.3 is 9.84 Å². The van der Waals surface area contributed by atoms with Gasteiger partial charge in [0.1, 0.15) is 10.6 Å². The Labute approximate surface area is 127 Å². The molecule has 20 heavy (non-hydrogen) atoms. The zero-order valence-electron chi connectivity index (χ0n) is 11.4. The minimum atomic E-state index is -3.58. The minimum absolute atomic E-state index is 0.00541. The maximum atomic E-state index is 12.7. The third-order valence-electron chi connectivity index (χ3n) is 3.73. The van der Waals surface area contributed by atoms with E-state index in [0.717, 1.165) is 0 Å². The number of ether oxygens (including phenoxy) is 1. The quantitative estimate of drug-likeness (QED) is 0.883. The van der Waals surface area contributed by atoms with Crippen LogP contribution in [0.15, 0.2) is 27.6 Å². The highest BCUT2D eigenvalue weighted by Gasteiger charge is 2.37. The Morgan fingerprint density at radius 2 is 2.15 bits per heavy atom. The molecule has 1 saturated heterocycles. The fourth-order valence-electron chi connectivity index (χ4n) is 2.37. The number of aliphatic hydroxyl groups excluding tert-OH is 1. The van der Waals surface area contributed by atoms with Crippen molar-refractivity contribution in [3.63, 3.8) is 0 Å². The summed E-state index contributed by atoms with van der Waals surface area (Å²) < 4.78 is 32.4. The first-order valence-electron chi connectivity index (χ1n) is 6.34. The molecule has 1 aromatic rings. The van der Waals surface area contributed by atoms with Crippen LogP contribution in [0.1, 0.15) is 6.92 Å². The first kappa shape index (κ1) is 15.8. The summed E-state index contributed by atoms with van der Waals surface area (Å²) in [6.07, 6.45) is 0. The SMILES string of the molecule is COc1ccc(Br)c(S(=O)(=O)N2C[C@@H](CO)[C@H](C)C2)c1. The number of rotatable bonds is 4. The predicted octanol–water partition coefficient (Wildman–Crippen LogP) is 1.71. The number of sulfonamides is 1. The van der Waals surface area contributed by atoms with Crippen LogP contribution in [-0.2, 0) is 10.0 Å². The zero-order chi connectivity index (χ0) is 14.9. The van der Waals surface area contributed by atoms with Crippen molar-refractivity contribution in [1.82, 2.24) is 4.31 Å². The first-order chi connectivity index (χ1) is 9.40. The second-order valence-electron chi connectivity index (χ2n) is 5.04. The summed E-state index contributed by atoms with van der Waals surface area (Å²) in [5.74, 6) is 0.644. The van der Waals surface area contributed by atoms with Crippen LogP contribution in [0.2, 0.25) is 0 Å². The fourth-order valence-corrected chi connectivity index (χ4v) is 4.90. The Balaban J connectivity index is 2.36. The van der Waals surface area contributed by atoms with Gasteiger partial charge in [-0.3, -0.25) is 0 Å². The lowest BCUT2D eigenvalue weighted by Crippen LogP contribution is -2.29. The topological polar surface area (TPSA) is 66.8 Å². The average Bonchev–Trinajstić information content (AvgIpc) is 2.81. The molecular weight excluding hydrogens is 346 g/mol. The summed E-state index contributed by atoms with van der Waals surface area (Å²) in [6, 6.07) is 4.87. The van der Waals surface area contributed by atoms with Gasteiger partial charge in [-0.2, -0.15) is 4.31 Å². The third kappa shape index (κ3) is 2.86. The molecule has 1 aliphatic heterocycles. The van der Waals surface area contributed by atoms with Gasteiger partial charge in [0.15, 0.2) is 0 Å². The van der Waals surface area contributed by atoms with Gasteiger partial charge in [-0.1, -0.05) is 6.92 Å². The number of hydrogen-bond donors (Lipinski definition) is 1. The third-order valence-corrected chi connectivity index (χ3v) is 6.55. The molecule has 0 aromatic heterocycles. The molecule has 1 fully saturated rings. The van der Waals surface area contributed by atoms with Crippen LogP contribution in [0, 0.1) is 11.8 Å². The van der Waals surface area contributed by atoms with Crippen LogP contribution < -0.4 is 4.74 Å². The largest absolute Gasteiger partial charge is 0.497 e. The molecular formula is C13H18BrNO4S. The van der Waals surface area contributed by atoms with Crippen LogP contribution in [0.3, 0.4) is 0 Å². The molecule has 0 aliphatic carbocycles. The van der Waals surface area contributed by atoms with Gasteiger partial charge in [0.05, 0.1) is 7.11 Å². The van der Waals surface area contributed by atoms with Gasteiger partial charge in [-0.15, -0.1) is 0 Å². The lowest BCUT2D eigenvalue weighted by atomic mass is 10.00. The van der Waals surface area contributed by atoms with Gasteiger partial charge in [0.25, 0.3) is 0 Å². The maximum absolute atomic E-state index is 12.7. The first-order valence-corrected chi connectivity index (χ1v) is 8.58. The van der Waals surface area contributed by atoms with Crippen molar-refractivity contribution in [3.8, 4) is 5.75 Å². The Hall–Kier alpha value is -0.630. The van der Waals surface area contributed by atoms with Crippen LogP contribution in [0.5, 0.6) is 5.75 Å². The van der Waals surface area contributed by atoms with Crippen molar-refractivity contribution >= 4 is 26.0 Å². The number of hydrogen-bond acceptors (Lipinski definition) is 4. The zero-order valence-corrected chi connectivity index (χ0v) is 13.8. The molecule has 0 bridgehead atoms. The fraction of sp³-hybridized carbons (Fsp3) is 0.538. The summed E-state index contributed by atoms with van der Waals surface area (Å²) >= 11 is 3.28. The molecule has 7 heteroatoms. The van der Waals surface area contributed by atoms with Crippen LogP contribution in [-0.4, -0.2) is 44.6 Å². The number of benzene rings is 1. The van der Waals surface area contributed by atoms with Crippen molar-refractivity contribution < 1.29 is 18.3 Å². The standard InChI is InChI=1S/C13H18BrNO4S/c1-9-6-15(7-10(9)8-16)20(17,18)13-5-11(19-2)3-4-12(13)14/h3-5,9-10,16H,6-8H2,1-2H3/t9-,10+/m1/s1. The molecule has 1 aliphatic rings. The van der Waals surface area contributed by atoms with E-state index in [1.807, 2.05) is 6.92 Å². The highest BCUT2D eigenvalue weighted by molar-refractivity contribution is 9.10. The van der Waals surface area contributed by atoms with Gasteiger partial charge in [0, 0.05) is 30.2 Å². The molecule has 0 radical (unpaired) electrons. The Bertz CT molecular complexity index is 590. The second kappa shape index (κ2) is 6.01. The molecule has 0 unspecified atom stereocenters. The van der Waals surface area contributed by atoms with Crippen molar-refractivity contribution in [2.75, 3.05) is 26.8 Å². The van der Waals surface area contributed by atoms with Crippen molar-refractivity contribution in [2.24, 2.45) is 11.8 Å². The van der Waals surface area contributed by atoms with Crippen LogP contribution >= 0.6 is 15.9 Å². The molecule has 0 spiro atoms. The van der Waals surface area contributed by atoms with E-state index in [-0.39, 0.29) is 23.3 Å². The molecule has 2 atom stereocenters. The molecule has 2 rings (SSSR count). The smallest absolute Gasteiger partial charge is 0.244 e. The number of halogens is 1. The van der Waals surface area contributed by atoms with Crippen LogP contribution in [0.4, 0.5) is 0 Å². The molecule has 1 aromatic carbocycles. The molecule has 112 valence electrons. The van der Waals surface area contributed by atoms with E-state index in [1.165, 1.54) is 17.5 Å². The molecule has 0 saturated carbocycles. The van der Waals surface area contributed by atoms with Crippen molar-refractivity contribution in [2.45, 2.75) is 11.8 Å². The summed E-state index contributed by atoms with van der Waals surface area (Å²) in [4.78, 5) is 0.197. The van der Waals surface area contributed by atoms with Gasteiger partial charge in [0.2, 0.25) is 10.0 Å². The van der Waals surface area contributed by atoms with E-state index in [9.17, 15) is 13.5 Å². The van der Waals surface area contributed by atoms with Gasteiger partial charge in [-0.25, -0.2) is 8.42 Å². The van der Waals surface area contributed by atoms with Crippen molar-refractivity contribution in [1.29, 1.82) is 0 Å². The predicted molar refractivity (Wildman–Crippen MR) is 79.2 cm³/mol. The number of methoxy groups -OCH3 is 1. The average molecular weight is 364 g/mol. The second-order valence-corrected chi connectivity index (χ2v) is 7.80. The Morgan fingerprint density at radius 1 is 1.45 bits per heavy atom. The molecule has 1 heterocycles. The van der Waals surface area contributed by atoms with E-state index >= 15 is 0 Å². The van der Waals surface area contributed by atoms with Crippen molar-refractivity contribution in [3.05, 3.63) is 22.7 Å². The normalized spacial score (nSPS) is 24.0. The van der Waals surface area contributed by atoms with Crippen LogP contribution in [0.25, 0.3) is 0 Å². The summed E-state index contributed by atoms with van der Waals surface area (Å²) in [6.45, 7) is 2.74. The van der Waals surface area contributed by atoms with E-state index in [4.69, 9.17) is 4.74 Å². The van der Waals surface area contributed by atoms with E-state index in [0.29, 0.717) is 23.3 Å². The highest BCUT2D eigenvalue weighted by atomic mass is 79.9. The van der Waals surface area contributed by atoms with E-state index < -0.39 is 10.0 Å². The summed E-state index contributed by atoms with van der Waals surface area (Å²) in [5.41, 5.74) is 0. The molecule has 0 amide bonds. The minimum Gasteiger partial charge on any atom is -0.497 e. The van der Waals surface area contributed by atoms with E-state index in [1.54, 1.807) is 12.1 Å². The monoisotopic (exact) mass is 363 g/mol. The number of aliphatic hydroxyl groups is 1. The lowest BCUT2D eigenvalue weighted by Gasteiger charge is -2.17. The Morgan fingerprint density at radius 3 is 2.70 bits per heavy atom. The lowest BCUT2D eigenvalue weighted by molar-refractivity contribution is 0.210. The molecule has 5 nitrogen and oxygen atoms in total. The van der Waals surface area contributed by atoms with Gasteiger partial charge >= 0.3 is 0 Å². The number of nitrogens with zero attached hydrogens (tertiary/aromatic N) is 1. The van der Waals surface area contributed by atoms with E-state index in [2.05, 4.69) is 15.9 Å². The Kier molecular flexibility index (Phi) is 4.73. The van der Waals surface area contributed by atoms with Gasteiger partial charge in [-0.05, 0) is 39.9 Å². The maximum Gasteiger partial charge on any atom is 0.244 e. The summed E-state index contributed by atoms with van der Waals surface area (Å²) in [5, 5.41) is 9.28. The molecule has 1 N–H and O–H groups in total.